The van der Waals surface area contributed by atoms with E-state index in [1.165, 1.54) is 54.9 Å². The number of rotatable bonds is 4. The quantitative estimate of drug-likeness (QED) is 0.190. The normalized spacial score (nSPS) is 13.1. The van der Waals surface area contributed by atoms with Crippen LogP contribution >= 0.6 is 0 Å². The van der Waals surface area contributed by atoms with Gasteiger partial charge in [-0.1, -0.05) is 147 Å². The summed E-state index contributed by atoms with van der Waals surface area (Å²) in [6, 6.07) is 58.6. The van der Waals surface area contributed by atoms with Gasteiger partial charge in [-0.25, -0.2) is 15.0 Å². The smallest absolute Gasteiger partial charge is 0.164 e. The van der Waals surface area contributed by atoms with Gasteiger partial charge in [0.25, 0.3) is 0 Å². The molecule has 0 fully saturated rings. The van der Waals surface area contributed by atoms with Gasteiger partial charge in [0.15, 0.2) is 17.5 Å². The summed E-state index contributed by atoms with van der Waals surface area (Å²) in [5.74, 6) is 1.99. The number of aromatic nitrogens is 3. The highest BCUT2D eigenvalue weighted by atomic mass is 15.0. The van der Waals surface area contributed by atoms with Crippen LogP contribution in [0.4, 0.5) is 0 Å². The number of hydrogen-bond donors (Lipinski definition) is 0. The van der Waals surface area contributed by atoms with Crippen molar-refractivity contribution in [2.75, 3.05) is 0 Å². The van der Waals surface area contributed by atoms with Crippen LogP contribution in [0.5, 0.6) is 0 Å². The van der Waals surface area contributed by atoms with Gasteiger partial charge in [0, 0.05) is 22.1 Å². The molecule has 9 aromatic rings. The van der Waals surface area contributed by atoms with Gasteiger partial charge < -0.3 is 0 Å². The van der Waals surface area contributed by atoms with Gasteiger partial charge in [-0.15, -0.1) is 0 Å². The third-order valence-electron chi connectivity index (χ3n) is 10.7. The van der Waals surface area contributed by atoms with Crippen LogP contribution in [0.3, 0.4) is 0 Å². The maximum Gasteiger partial charge on any atom is 0.164 e. The van der Waals surface area contributed by atoms with E-state index in [1.807, 2.05) is 0 Å². The average molecular weight is 652 g/mol. The SMILES string of the molecule is CC1(C)c2ccccc2-c2ccc(-c3nc(-c4ccc5ccccc5c4)nc(-c4ccc5cc(-c6ccc7ccccc7c6)ccc5c4)n3)cc21. The van der Waals surface area contributed by atoms with Crippen LogP contribution in [0, 0.1) is 0 Å². The first kappa shape index (κ1) is 29.5. The minimum Gasteiger partial charge on any atom is -0.208 e. The number of fused-ring (bicyclic) bond motifs is 6. The summed E-state index contributed by atoms with van der Waals surface area (Å²) in [4.78, 5) is 15.4. The summed E-state index contributed by atoms with van der Waals surface area (Å²) in [6.45, 7) is 4.61. The third-order valence-corrected chi connectivity index (χ3v) is 10.7. The third kappa shape index (κ3) is 4.93. The minimum atomic E-state index is -0.122. The molecule has 1 aromatic heterocycles. The fourth-order valence-corrected chi connectivity index (χ4v) is 7.87. The molecule has 3 nitrogen and oxygen atoms in total. The molecule has 0 saturated carbocycles. The van der Waals surface area contributed by atoms with E-state index in [9.17, 15) is 0 Å². The van der Waals surface area contributed by atoms with E-state index >= 15 is 0 Å². The molecule has 240 valence electrons. The molecule has 0 amide bonds. The number of hydrogen-bond acceptors (Lipinski definition) is 3. The van der Waals surface area contributed by atoms with Crippen LogP contribution < -0.4 is 0 Å². The van der Waals surface area contributed by atoms with Crippen molar-refractivity contribution in [3.05, 3.63) is 175 Å². The van der Waals surface area contributed by atoms with Gasteiger partial charge in [0.05, 0.1) is 0 Å². The molecule has 0 radical (unpaired) electrons. The van der Waals surface area contributed by atoms with E-state index in [0.717, 1.165) is 27.5 Å². The molecule has 51 heavy (non-hydrogen) atoms. The monoisotopic (exact) mass is 651 g/mol. The first-order valence-corrected chi connectivity index (χ1v) is 17.5. The molecule has 0 saturated heterocycles. The van der Waals surface area contributed by atoms with Crippen molar-refractivity contribution in [3.63, 3.8) is 0 Å². The molecular formula is C48H33N3. The average Bonchev–Trinajstić information content (AvgIpc) is 3.42. The Morgan fingerprint density at radius 3 is 1.25 bits per heavy atom. The Kier molecular flexibility index (Phi) is 6.53. The molecule has 10 rings (SSSR count). The summed E-state index contributed by atoms with van der Waals surface area (Å²) >= 11 is 0. The van der Waals surface area contributed by atoms with Gasteiger partial charge in [-0.05, 0) is 96.0 Å². The van der Waals surface area contributed by atoms with Crippen molar-refractivity contribution in [2.24, 2.45) is 0 Å². The molecule has 0 N–H and O–H groups in total. The van der Waals surface area contributed by atoms with Crippen LogP contribution in [0.15, 0.2) is 164 Å². The van der Waals surface area contributed by atoms with Crippen molar-refractivity contribution in [3.8, 4) is 56.4 Å². The van der Waals surface area contributed by atoms with Gasteiger partial charge in [0.1, 0.15) is 0 Å². The second-order valence-electron chi connectivity index (χ2n) is 14.1. The Bertz CT molecular complexity index is 2850. The molecule has 1 aliphatic rings. The van der Waals surface area contributed by atoms with E-state index < -0.39 is 0 Å². The predicted molar refractivity (Wildman–Crippen MR) is 212 cm³/mol. The van der Waals surface area contributed by atoms with Crippen LogP contribution in [0.25, 0.3) is 88.7 Å². The van der Waals surface area contributed by atoms with E-state index in [0.29, 0.717) is 17.5 Å². The van der Waals surface area contributed by atoms with E-state index in [4.69, 9.17) is 15.0 Å². The summed E-state index contributed by atoms with van der Waals surface area (Å²) in [5, 5.41) is 7.16. The first-order chi connectivity index (χ1) is 25.0. The topological polar surface area (TPSA) is 38.7 Å². The molecular weight excluding hydrogens is 619 g/mol. The van der Waals surface area contributed by atoms with Crippen molar-refractivity contribution in [1.29, 1.82) is 0 Å². The zero-order chi connectivity index (χ0) is 34.1. The van der Waals surface area contributed by atoms with E-state index in [2.05, 4.69) is 178 Å². The standard InChI is InChI=1S/C48H33N3/c1-48(2)43-14-8-7-13-41(43)42-24-23-40(29-44(42)48)47-50-45(38-21-16-31-10-4-6-12-33(31)27-38)49-46(51-47)39-22-20-36-26-35(18-19-37(36)28-39)34-17-15-30-9-3-5-11-32(30)25-34/h3-29H,1-2H3. The Morgan fingerprint density at radius 1 is 0.314 bits per heavy atom. The van der Waals surface area contributed by atoms with Crippen LogP contribution in [-0.2, 0) is 5.41 Å². The summed E-state index contributed by atoms with van der Waals surface area (Å²) in [7, 11) is 0. The van der Waals surface area contributed by atoms with E-state index in [-0.39, 0.29) is 5.41 Å². The maximum absolute atomic E-state index is 5.16. The maximum atomic E-state index is 5.16. The zero-order valence-electron chi connectivity index (χ0n) is 28.4. The fraction of sp³-hybridized carbons (Fsp3) is 0.0625. The molecule has 8 aromatic carbocycles. The lowest BCUT2D eigenvalue weighted by Crippen LogP contribution is -2.15. The lowest BCUT2D eigenvalue weighted by Gasteiger charge is -2.21. The predicted octanol–water partition coefficient (Wildman–Crippen LogP) is 12.3. The zero-order valence-corrected chi connectivity index (χ0v) is 28.4. The highest BCUT2D eigenvalue weighted by Gasteiger charge is 2.35. The van der Waals surface area contributed by atoms with Crippen LogP contribution in [0.2, 0.25) is 0 Å². The van der Waals surface area contributed by atoms with Crippen molar-refractivity contribution in [1.82, 2.24) is 15.0 Å². The Labute approximate surface area is 297 Å². The van der Waals surface area contributed by atoms with Crippen molar-refractivity contribution < 1.29 is 0 Å². The molecule has 0 spiro atoms. The summed E-state index contributed by atoms with van der Waals surface area (Å²) < 4.78 is 0. The summed E-state index contributed by atoms with van der Waals surface area (Å²) in [6.07, 6.45) is 0. The van der Waals surface area contributed by atoms with Crippen LogP contribution in [0.1, 0.15) is 25.0 Å². The second kappa shape index (κ2) is 11.3. The lowest BCUT2D eigenvalue weighted by molar-refractivity contribution is 0.660. The highest BCUT2D eigenvalue weighted by Crippen LogP contribution is 2.49. The summed E-state index contributed by atoms with van der Waals surface area (Å²) in [5.41, 5.74) is 10.4. The molecule has 0 atom stereocenters. The Morgan fingerprint density at radius 2 is 0.686 bits per heavy atom. The molecule has 0 bridgehead atoms. The molecule has 1 heterocycles. The molecule has 3 heteroatoms. The van der Waals surface area contributed by atoms with Crippen LogP contribution in [-0.4, -0.2) is 15.0 Å². The Hall–Kier alpha value is -6.45. The van der Waals surface area contributed by atoms with Gasteiger partial charge in [-0.2, -0.15) is 0 Å². The fourth-order valence-electron chi connectivity index (χ4n) is 7.87. The second-order valence-corrected chi connectivity index (χ2v) is 14.1. The van der Waals surface area contributed by atoms with Gasteiger partial charge in [0.2, 0.25) is 0 Å². The van der Waals surface area contributed by atoms with Crippen molar-refractivity contribution in [2.45, 2.75) is 19.3 Å². The number of benzene rings is 8. The first-order valence-electron chi connectivity index (χ1n) is 17.5. The Balaban J connectivity index is 1.10. The molecule has 0 unspecified atom stereocenters. The number of nitrogens with zero attached hydrogens (tertiary/aromatic N) is 3. The van der Waals surface area contributed by atoms with E-state index in [1.54, 1.807) is 0 Å². The van der Waals surface area contributed by atoms with Gasteiger partial charge in [-0.3, -0.25) is 0 Å². The highest BCUT2D eigenvalue weighted by molar-refractivity contribution is 5.93. The van der Waals surface area contributed by atoms with Crippen molar-refractivity contribution >= 4 is 32.3 Å². The minimum absolute atomic E-state index is 0.122. The largest absolute Gasteiger partial charge is 0.208 e. The molecule has 1 aliphatic carbocycles. The molecule has 0 aliphatic heterocycles. The van der Waals surface area contributed by atoms with Gasteiger partial charge >= 0.3 is 0 Å². The lowest BCUT2D eigenvalue weighted by atomic mass is 9.82.